The first-order valence-electron chi connectivity index (χ1n) is 7.77. The van der Waals surface area contributed by atoms with Gasteiger partial charge in [0.1, 0.15) is 0 Å². The van der Waals surface area contributed by atoms with E-state index in [4.69, 9.17) is 12.2 Å². The summed E-state index contributed by atoms with van der Waals surface area (Å²) in [6, 6.07) is 7.18. The number of thiocarbonyl (C=S) groups is 1. The Morgan fingerprint density at radius 2 is 1.30 bits per heavy atom. The summed E-state index contributed by atoms with van der Waals surface area (Å²) in [4.78, 5) is 23.3. The number of benzene rings is 1. The molecule has 0 saturated carbocycles. The summed E-state index contributed by atoms with van der Waals surface area (Å²) in [6.07, 6.45) is 0.925. The first-order chi connectivity index (χ1) is 10.8. The average Bonchev–Trinajstić information content (AvgIpc) is 2.38. The van der Waals surface area contributed by atoms with E-state index in [0.29, 0.717) is 18.8 Å². The van der Waals surface area contributed by atoms with Gasteiger partial charge in [0, 0.05) is 24.2 Å². The van der Waals surface area contributed by atoms with Gasteiger partial charge in [0.15, 0.2) is 5.11 Å². The molecule has 5 nitrogen and oxygen atoms in total. The second-order valence-electron chi connectivity index (χ2n) is 6.32. The maximum atomic E-state index is 11.7. The van der Waals surface area contributed by atoms with Crippen LogP contribution in [0.2, 0.25) is 0 Å². The van der Waals surface area contributed by atoms with Gasteiger partial charge in [-0.25, -0.2) is 0 Å². The highest BCUT2D eigenvalue weighted by atomic mass is 32.1. The summed E-state index contributed by atoms with van der Waals surface area (Å²) in [6.45, 7) is 7.95. The van der Waals surface area contributed by atoms with Gasteiger partial charge < -0.3 is 16.0 Å². The number of carbonyl (C=O) groups excluding carboxylic acids is 2. The monoisotopic (exact) mass is 335 g/mol. The highest BCUT2D eigenvalue weighted by Crippen LogP contribution is 2.14. The Morgan fingerprint density at radius 3 is 1.78 bits per heavy atom. The van der Waals surface area contributed by atoms with Gasteiger partial charge in [-0.15, -0.1) is 0 Å². The van der Waals surface area contributed by atoms with E-state index in [2.05, 4.69) is 16.0 Å². The van der Waals surface area contributed by atoms with Crippen molar-refractivity contribution in [3.8, 4) is 0 Å². The minimum atomic E-state index is -0.102. The summed E-state index contributed by atoms with van der Waals surface area (Å²) in [7, 11) is 0. The van der Waals surface area contributed by atoms with Crippen molar-refractivity contribution in [2.75, 3.05) is 10.6 Å². The molecule has 0 unspecified atom stereocenters. The van der Waals surface area contributed by atoms with Gasteiger partial charge in [-0.2, -0.15) is 0 Å². The predicted molar refractivity (Wildman–Crippen MR) is 98.3 cm³/mol. The highest BCUT2D eigenvalue weighted by molar-refractivity contribution is 7.80. The molecule has 0 fully saturated rings. The molecule has 126 valence electrons. The molecule has 2 amide bonds. The molecule has 0 radical (unpaired) electrons. The molecule has 0 atom stereocenters. The number of hydrogen-bond acceptors (Lipinski definition) is 3. The van der Waals surface area contributed by atoms with Crippen molar-refractivity contribution in [3.05, 3.63) is 24.3 Å². The Balaban J connectivity index is 2.49. The van der Waals surface area contributed by atoms with Crippen LogP contribution in [-0.2, 0) is 9.59 Å². The first kappa shape index (κ1) is 19.1. The molecular formula is C17H25N3O2S. The summed E-state index contributed by atoms with van der Waals surface area (Å²) in [5.74, 6) is 0.501. The van der Waals surface area contributed by atoms with Crippen molar-refractivity contribution in [1.29, 1.82) is 0 Å². The van der Waals surface area contributed by atoms with Crippen molar-refractivity contribution in [3.63, 3.8) is 0 Å². The first-order valence-corrected chi connectivity index (χ1v) is 8.17. The number of rotatable bonds is 6. The molecule has 0 aliphatic carbocycles. The van der Waals surface area contributed by atoms with Crippen LogP contribution in [0.15, 0.2) is 24.3 Å². The number of amides is 2. The summed E-state index contributed by atoms with van der Waals surface area (Å²) < 4.78 is 0. The predicted octanol–water partition coefficient (Wildman–Crippen LogP) is 3.53. The van der Waals surface area contributed by atoms with Crippen molar-refractivity contribution >= 4 is 40.5 Å². The third kappa shape index (κ3) is 8.30. The van der Waals surface area contributed by atoms with E-state index in [1.165, 1.54) is 0 Å². The fourth-order valence-corrected chi connectivity index (χ4v) is 2.16. The smallest absolute Gasteiger partial charge is 0.226 e. The van der Waals surface area contributed by atoms with Crippen LogP contribution in [0, 0.1) is 11.8 Å². The van der Waals surface area contributed by atoms with Gasteiger partial charge in [-0.05, 0) is 48.3 Å². The quantitative estimate of drug-likeness (QED) is 0.696. The van der Waals surface area contributed by atoms with E-state index in [9.17, 15) is 9.59 Å². The van der Waals surface area contributed by atoms with E-state index in [1.807, 2.05) is 27.7 Å². The molecule has 0 aromatic heterocycles. The lowest BCUT2D eigenvalue weighted by molar-refractivity contribution is -0.120. The molecule has 0 saturated heterocycles. The maximum absolute atomic E-state index is 11.7. The lowest BCUT2D eigenvalue weighted by Gasteiger charge is -2.11. The molecule has 0 bridgehead atoms. The number of hydrogen-bond donors (Lipinski definition) is 3. The third-order valence-corrected chi connectivity index (χ3v) is 3.07. The minimum absolute atomic E-state index is 0.00261. The molecule has 0 aliphatic heterocycles. The van der Waals surface area contributed by atoms with Crippen LogP contribution in [0.1, 0.15) is 40.5 Å². The normalized spacial score (nSPS) is 10.5. The second kappa shape index (κ2) is 9.25. The van der Waals surface area contributed by atoms with Crippen LogP contribution < -0.4 is 16.0 Å². The molecule has 6 heteroatoms. The van der Waals surface area contributed by atoms with Gasteiger partial charge in [-0.3, -0.25) is 9.59 Å². The van der Waals surface area contributed by atoms with Gasteiger partial charge in [0.2, 0.25) is 11.8 Å². The molecule has 0 spiro atoms. The largest absolute Gasteiger partial charge is 0.332 e. The van der Waals surface area contributed by atoms with Crippen LogP contribution in [-0.4, -0.2) is 16.9 Å². The lowest BCUT2D eigenvalue weighted by Crippen LogP contribution is -2.34. The van der Waals surface area contributed by atoms with E-state index < -0.39 is 0 Å². The molecule has 23 heavy (non-hydrogen) atoms. The van der Waals surface area contributed by atoms with Crippen LogP contribution in [0.3, 0.4) is 0 Å². The van der Waals surface area contributed by atoms with Crippen molar-refractivity contribution in [2.24, 2.45) is 11.8 Å². The molecule has 1 aromatic rings. The zero-order valence-electron chi connectivity index (χ0n) is 14.1. The number of anilines is 2. The average molecular weight is 335 g/mol. The molecule has 1 rings (SSSR count). The Kier molecular flexibility index (Phi) is 7.68. The summed E-state index contributed by atoms with van der Waals surface area (Å²) in [5.41, 5.74) is 1.48. The Hall–Kier alpha value is -1.95. The van der Waals surface area contributed by atoms with Gasteiger partial charge in [-0.1, -0.05) is 27.7 Å². The Morgan fingerprint density at radius 1 is 0.870 bits per heavy atom. The molecule has 1 aromatic carbocycles. The molecule has 3 N–H and O–H groups in total. The summed E-state index contributed by atoms with van der Waals surface area (Å²) >= 11 is 5.10. The summed E-state index contributed by atoms with van der Waals surface area (Å²) in [5, 5.41) is 8.69. The Bertz CT molecular complexity index is 553. The molecule has 0 heterocycles. The van der Waals surface area contributed by atoms with Crippen LogP contribution in [0.4, 0.5) is 11.4 Å². The third-order valence-electron chi connectivity index (χ3n) is 2.87. The van der Waals surface area contributed by atoms with Crippen LogP contribution >= 0.6 is 12.2 Å². The van der Waals surface area contributed by atoms with Gasteiger partial charge in [0.05, 0.1) is 0 Å². The molecule has 0 aliphatic rings. The van der Waals surface area contributed by atoms with Crippen LogP contribution in [0.5, 0.6) is 0 Å². The van der Waals surface area contributed by atoms with Crippen molar-refractivity contribution in [2.45, 2.75) is 40.5 Å². The highest BCUT2D eigenvalue weighted by Gasteiger charge is 2.08. The zero-order valence-corrected chi connectivity index (χ0v) is 14.9. The van der Waals surface area contributed by atoms with Crippen molar-refractivity contribution < 1.29 is 9.59 Å². The fraction of sp³-hybridized carbons (Fsp3) is 0.471. The van der Waals surface area contributed by atoms with Gasteiger partial charge >= 0.3 is 0 Å². The van der Waals surface area contributed by atoms with E-state index >= 15 is 0 Å². The van der Waals surface area contributed by atoms with E-state index in [0.717, 1.165) is 11.4 Å². The lowest BCUT2D eigenvalue weighted by atomic mass is 10.1. The van der Waals surface area contributed by atoms with E-state index in [1.54, 1.807) is 24.3 Å². The van der Waals surface area contributed by atoms with Crippen LogP contribution in [0.25, 0.3) is 0 Å². The Labute approximate surface area is 143 Å². The van der Waals surface area contributed by atoms with E-state index in [-0.39, 0.29) is 22.8 Å². The fourth-order valence-electron chi connectivity index (χ4n) is 1.93. The van der Waals surface area contributed by atoms with Crippen molar-refractivity contribution in [1.82, 2.24) is 5.32 Å². The topological polar surface area (TPSA) is 70.2 Å². The zero-order chi connectivity index (χ0) is 17.4. The number of nitrogens with one attached hydrogen (secondary N) is 3. The maximum Gasteiger partial charge on any atom is 0.226 e. The standard InChI is InChI=1S/C17H25N3O2S/c1-11(2)9-15(21)18-13-5-7-14(8-6-13)19-17(23)20-16(22)10-12(3)4/h5-8,11-12H,9-10H2,1-4H3,(H,18,21)(H2,19,20,22,23). The number of carbonyl (C=O) groups is 2. The van der Waals surface area contributed by atoms with Gasteiger partial charge in [0.25, 0.3) is 0 Å². The second-order valence-corrected chi connectivity index (χ2v) is 6.73. The molecular weight excluding hydrogens is 310 g/mol. The SMILES string of the molecule is CC(C)CC(=O)NC(=S)Nc1ccc(NC(=O)CC(C)C)cc1. The minimum Gasteiger partial charge on any atom is -0.332 e.